The van der Waals surface area contributed by atoms with Crippen molar-refractivity contribution in [3.63, 3.8) is 0 Å². The van der Waals surface area contributed by atoms with Crippen LogP contribution in [-0.2, 0) is 19.1 Å². The van der Waals surface area contributed by atoms with Crippen molar-refractivity contribution in [3.8, 4) is 11.5 Å². The number of ether oxygens (including phenoxy) is 4. The Morgan fingerprint density at radius 2 is 1.91 bits per heavy atom. The van der Waals surface area contributed by atoms with Gasteiger partial charge < -0.3 is 29.2 Å². The van der Waals surface area contributed by atoms with Gasteiger partial charge in [0.05, 0.1) is 37.8 Å². The number of morpholine rings is 1. The van der Waals surface area contributed by atoms with E-state index in [1.165, 1.54) is 17.4 Å². The molecule has 172 valence electrons. The van der Waals surface area contributed by atoms with Crippen molar-refractivity contribution in [1.82, 2.24) is 0 Å². The van der Waals surface area contributed by atoms with Crippen molar-refractivity contribution in [3.05, 3.63) is 40.6 Å². The molecule has 0 unspecified atom stereocenters. The van der Waals surface area contributed by atoms with Crippen LogP contribution in [0.5, 0.6) is 11.5 Å². The predicted octanol–water partition coefficient (Wildman–Crippen LogP) is 3.58. The van der Waals surface area contributed by atoms with Gasteiger partial charge in [0.2, 0.25) is 0 Å². The zero-order valence-corrected chi connectivity index (χ0v) is 19.1. The average molecular weight is 461 g/mol. The first-order chi connectivity index (χ1) is 15.6. The van der Waals surface area contributed by atoms with Crippen LogP contribution < -0.4 is 19.7 Å². The molecular formula is C23H28N2O6S. The van der Waals surface area contributed by atoms with E-state index in [0.29, 0.717) is 43.6 Å². The van der Waals surface area contributed by atoms with Crippen LogP contribution in [0.4, 0.5) is 11.4 Å². The fourth-order valence-electron chi connectivity index (χ4n) is 3.15. The molecule has 2 heterocycles. The van der Waals surface area contributed by atoms with Crippen LogP contribution in [0.15, 0.2) is 35.7 Å². The number of hydrogen-bond donors (Lipinski definition) is 1. The van der Waals surface area contributed by atoms with Gasteiger partial charge >= 0.3 is 5.97 Å². The van der Waals surface area contributed by atoms with E-state index in [1.54, 1.807) is 12.1 Å². The topological polar surface area (TPSA) is 86.3 Å². The highest BCUT2D eigenvalue weighted by atomic mass is 32.1. The normalized spacial score (nSPS) is 13.8. The highest BCUT2D eigenvalue weighted by molar-refractivity contribution is 7.10. The molecule has 0 aliphatic carbocycles. The van der Waals surface area contributed by atoms with Gasteiger partial charge in [0.1, 0.15) is 11.5 Å². The zero-order chi connectivity index (χ0) is 22.8. The summed E-state index contributed by atoms with van der Waals surface area (Å²) in [6.07, 6.45) is 2.95. The van der Waals surface area contributed by atoms with E-state index >= 15 is 0 Å². The summed E-state index contributed by atoms with van der Waals surface area (Å²) in [4.78, 5) is 27.4. The third-order valence-corrected chi connectivity index (χ3v) is 5.40. The Balaban J connectivity index is 1.68. The Kier molecular flexibility index (Phi) is 8.94. The number of esters is 1. The van der Waals surface area contributed by atoms with Crippen LogP contribution >= 0.6 is 11.3 Å². The number of rotatable bonds is 10. The minimum Gasteiger partial charge on any atom is -0.492 e. The second kappa shape index (κ2) is 12.1. The molecule has 2 aromatic rings. The SMILES string of the molecule is CCOc1cc(N2CCOCC2)c(OCC)cc1NC(=O)COC(=O)/C=C/c1cccs1. The molecule has 1 aliphatic heterocycles. The summed E-state index contributed by atoms with van der Waals surface area (Å²) >= 11 is 1.50. The van der Waals surface area contributed by atoms with Gasteiger partial charge in [-0.05, 0) is 31.4 Å². The number of thiophene rings is 1. The second-order valence-corrected chi connectivity index (χ2v) is 7.77. The molecule has 1 aromatic carbocycles. The Bertz CT molecular complexity index is 923. The van der Waals surface area contributed by atoms with E-state index in [2.05, 4.69) is 10.2 Å². The van der Waals surface area contributed by atoms with Gasteiger partial charge in [-0.3, -0.25) is 4.79 Å². The van der Waals surface area contributed by atoms with E-state index in [-0.39, 0.29) is 0 Å². The summed E-state index contributed by atoms with van der Waals surface area (Å²) in [5.41, 5.74) is 1.35. The molecule has 1 aliphatic rings. The third-order valence-electron chi connectivity index (χ3n) is 4.56. The van der Waals surface area contributed by atoms with Crippen molar-refractivity contribution in [2.75, 3.05) is 56.3 Å². The van der Waals surface area contributed by atoms with Crippen LogP contribution in [0.25, 0.3) is 6.08 Å². The lowest BCUT2D eigenvalue weighted by Crippen LogP contribution is -2.36. The van der Waals surface area contributed by atoms with Crippen molar-refractivity contribution in [2.45, 2.75) is 13.8 Å². The van der Waals surface area contributed by atoms with E-state index < -0.39 is 18.5 Å². The zero-order valence-electron chi connectivity index (χ0n) is 18.3. The molecule has 0 radical (unpaired) electrons. The highest BCUT2D eigenvalue weighted by Crippen LogP contribution is 2.39. The average Bonchev–Trinajstić information content (AvgIpc) is 3.32. The van der Waals surface area contributed by atoms with Crippen molar-refractivity contribution in [2.24, 2.45) is 0 Å². The smallest absolute Gasteiger partial charge is 0.331 e. The number of carbonyl (C=O) groups excluding carboxylic acids is 2. The molecular weight excluding hydrogens is 432 g/mol. The van der Waals surface area contributed by atoms with Crippen LogP contribution in [0.1, 0.15) is 18.7 Å². The van der Waals surface area contributed by atoms with E-state index in [4.69, 9.17) is 18.9 Å². The van der Waals surface area contributed by atoms with Gasteiger partial charge in [-0.15, -0.1) is 11.3 Å². The molecule has 9 heteroatoms. The number of amides is 1. The van der Waals surface area contributed by atoms with E-state index in [1.807, 2.05) is 37.4 Å². The standard InChI is InChI=1S/C23H28N2O6S/c1-3-29-20-15-19(25-9-11-28-12-10-25)21(30-4-2)14-18(20)24-22(26)16-31-23(27)8-7-17-6-5-13-32-17/h5-8,13-15H,3-4,9-12,16H2,1-2H3,(H,24,26)/b8-7+. The minimum atomic E-state index is -0.587. The summed E-state index contributed by atoms with van der Waals surface area (Å²) in [5.74, 6) is 0.111. The molecule has 1 amide bonds. The van der Waals surface area contributed by atoms with Gasteiger partial charge in [-0.1, -0.05) is 6.07 Å². The number of hydrogen-bond acceptors (Lipinski definition) is 8. The Hall–Kier alpha value is -3.04. The maximum atomic E-state index is 12.4. The first kappa shape index (κ1) is 23.6. The lowest BCUT2D eigenvalue weighted by atomic mass is 10.2. The Morgan fingerprint density at radius 3 is 2.59 bits per heavy atom. The molecule has 1 saturated heterocycles. The van der Waals surface area contributed by atoms with Crippen LogP contribution in [0.2, 0.25) is 0 Å². The van der Waals surface area contributed by atoms with Gasteiger partial charge in [0.15, 0.2) is 6.61 Å². The van der Waals surface area contributed by atoms with Crippen molar-refractivity contribution < 1.29 is 28.5 Å². The molecule has 32 heavy (non-hydrogen) atoms. The first-order valence-corrected chi connectivity index (χ1v) is 11.4. The minimum absolute atomic E-state index is 0.408. The fourth-order valence-corrected chi connectivity index (χ4v) is 3.77. The number of anilines is 2. The van der Waals surface area contributed by atoms with E-state index in [0.717, 1.165) is 23.7 Å². The molecule has 3 rings (SSSR count). The molecule has 0 spiro atoms. The molecule has 0 bridgehead atoms. The monoisotopic (exact) mass is 460 g/mol. The summed E-state index contributed by atoms with van der Waals surface area (Å²) in [5, 5.41) is 4.67. The number of benzene rings is 1. The maximum absolute atomic E-state index is 12.4. The third kappa shape index (κ3) is 6.73. The molecule has 1 aromatic heterocycles. The van der Waals surface area contributed by atoms with Crippen LogP contribution in [0, 0.1) is 0 Å². The van der Waals surface area contributed by atoms with Crippen molar-refractivity contribution in [1.29, 1.82) is 0 Å². The van der Waals surface area contributed by atoms with Gasteiger partial charge in [0.25, 0.3) is 5.91 Å². The molecule has 8 nitrogen and oxygen atoms in total. The maximum Gasteiger partial charge on any atom is 0.331 e. The highest BCUT2D eigenvalue weighted by Gasteiger charge is 2.20. The first-order valence-electron chi connectivity index (χ1n) is 10.5. The largest absolute Gasteiger partial charge is 0.492 e. The predicted molar refractivity (Wildman–Crippen MR) is 125 cm³/mol. The number of carbonyl (C=O) groups is 2. The van der Waals surface area contributed by atoms with Crippen LogP contribution in [0.3, 0.4) is 0 Å². The molecule has 1 N–H and O–H groups in total. The fraction of sp³-hybridized carbons (Fsp3) is 0.391. The van der Waals surface area contributed by atoms with Gasteiger partial charge in [-0.2, -0.15) is 0 Å². The lowest BCUT2D eigenvalue weighted by Gasteiger charge is -2.31. The molecule has 0 saturated carbocycles. The van der Waals surface area contributed by atoms with E-state index in [9.17, 15) is 9.59 Å². The van der Waals surface area contributed by atoms with Crippen LogP contribution in [-0.4, -0.2) is 58.0 Å². The summed E-state index contributed by atoms with van der Waals surface area (Å²) in [6.45, 7) is 7.04. The summed E-state index contributed by atoms with van der Waals surface area (Å²) in [6, 6.07) is 7.38. The summed E-state index contributed by atoms with van der Waals surface area (Å²) in [7, 11) is 0. The van der Waals surface area contributed by atoms with Gasteiger partial charge in [-0.25, -0.2) is 4.79 Å². The number of nitrogens with one attached hydrogen (secondary N) is 1. The van der Waals surface area contributed by atoms with Crippen molar-refractivity contribution >= 4 is 40.7 Å². The summed E-state index contributed by atoms with van der Waals surface area (Å²) < 4.78 is 22.1. The molecule has 1 fully saturated rings. The van der Waals surface area contributed by atoms with Gasteiger partial charge in [0, 0.05) is 36.2 Å². The second-order valence-electron chi connectivity index (χ2n) is 6.79. The molecule has 0 atom stereocenters. The lowest BCUT2D eigenvalue weighted by molar-refractivity contribution is -0.142. The Labute approximate surface area is 191 Å². The quantitative estimate of drug-likeness (QED) is 0.428. The number of nitrogens with zero attached hydrogens (tertiary/aromatic N) is 1. The Morgan fingerprint density at radius 1 is 1.16 bits per heavy atom.